The van der Waals surface area contributed by atoms with Crippen LogP contribution in [0.5, 0.6) is 0 Å². The second kappa shape index (κ2) is 5.39. The van der Waals surface area contributed by atoms with Crippen LogP contribution in [-0.4, -0.2) is 32.7 Å². The van der Waals surface area contributed by atoms with E-state index in [4.69, 9.17) is 0 Å². The molecule has 1 aromatic rings. The van der Waals surface area contributed by atoms with E-state index >= 15 is 0 Å². The molecule has 1 saturated heterocycles. The highest BCUT2D eigenvalue weighted by Crippen LogP contribution is 2.39. The molecule has 0 saturated carbocycles. The SMILES string of the molecule is CS(=O)(=O)c1ccc(N2CC3CC=CCC3C2)c([N+](=O)[O-])c1. The van der Waals surface area contributed by atoms with Crippen molar-refractivity contribution in [1.82, 2.24) is 0 Å². The van der Waals surface area contributed by atoms with Gasteiger partial charge in [0.25, 0.3) is 5.69 Å². The van der Waals surface area contributed by atoms with Gasteiger partial charge >= 0.3 is 0 Å². The number of rotatable bonds is 3. The molecule has 0 bridgehead atoms. The molecule has 1 fully saturated rings. The topological polar surface area (TPSA) is 80.5 Å². The zero-order chi connectivity index (χ0) is 15.9. The number of benzene rings is 1. The molecule has 1 aromatic carbocycles. The van der Waals surface area contributed by atoms with Gasteiger partial charge in [-0.3, -0.25) is 10.1 Å². The largest absolute Gasteiger partial charge is 0.365 e. The number of hydrogen-bond acceptors (Lipinski definition) is 5. The van der Waals surface area contributed by atoms with E-state index in [0.29, 0.717) is 17.5 Å². The Morgan fingerprint density at radius 2 is 1.77 bits per heavy atom. The van der Waals surface area contributed by atoms with Crippen molar-refractivity contribution in [2.45, 2.75) is 17.7 Å². The molecule has 7 heteroatoms. The lowest BCUT2D eigenvalue weighted by Gasteiger charge is -2.18. The summed E-state index contributed by atoms with van der Waals surface area (Å²) in [5, 5.41) is 11.3. The highest BCUT2D eigenvalue weighted by atomic mass is 32.2. The molecule has 3 rings (SSSR count). The highest BCUT2D eigenvalue weighted by molar-refractivity contribution is 7.90. The number of anilines is 1. The molecule has 2 aliphatic rings. The molecule has 0 radical (unpaired) electrons. The van der Waals surface area contributed by atoms with Crippen LogP contribution in [0.3, 0.4) is 0 Å². The van der Waals surface area contributed by atoms with Crippen molar-refractivity contribution in [3.63, 3.8) is 0 Å². The van der Waals surface area contributed by atoms with E-state index in [2.05, 4.69) is 12.2 Å². The summed E-state index contributed by atoms with van der Waals surface area (Å²) in [6, 6.07) is 4.20. The number of hydrogen-bond donors (Lipinski definition) is 0. The second-order valence-corrected chi connectivity index (χ2v) is 8.06. The van der Waals surface area contributed by atoms with Crippen molar-refractivity contribution in [2.75, 3.05) is 24.2 Å². The summed E-state index contributed by atoms with van der Waals surface area (Å²) >= 11 is 0. The van der Waals surface area contributed by atoms with Gasteiger partial charge in [0.05, 0.1) is 9.82 Å². The lowest BCUT2D eigenvalue weighted by atomic mass is 9.86. The zero-order valence-corrected chi connectivity index (χ0v) is 13.1. The predicted molar refractivity (Wildman–Crippen MR) is 83.8 cm³/mol. The molecular formula is C15H18N2O4S. The van der Waals surface area contributed by atoms with Gasteiger partial charge in [0, 0.05) is 25.4 Å². The van der Waals surface area contributed by atoms with Crippen LogP contribution in [0.15, 0.2) is 35.2 Å². The van der Waals surface area contributed by atoms with Crippen molar-refractivity contribution < 1.29 is 13.3 Å². The van der Waals surface area contributed by atoms with Crippen LogP contribution in [0, 0.1) is 22.0 Å². The van der Waals surface area contributed by atoms with Crippen molar-refractivity contribution in [2.24, 2.45) is 11.8 Å². The molecular weight excluding hydrogens is 304 g/mol. The Morgan fingerprint density at radius 3 is 2.27 bits per heavy atom. The summed E-state index contributed by atoms with van der Waals surface area (Å²) in [6.45, 7) is 1.57. The van der Waals surface area contributed by atoms with Crippen LogP contribution in [0.25, 0.3) is 0 Å². The van der Waals surface area contributed by atoms with Gasteiger partial charge in [0.1, 0.15) is 5.69 Å². The Kier molecular flexibility index (Phi) is 3.68. The summed E-state index contributed by atoms with van der Waals surface area (Å²) in [4.78, 5) is 12.9. The fourth-order valence-corrected chi connectivity index (χ4v) is 4.00. The minimum absolute atomic E-state index is 0.0128. The molecule has 2 unspecified atom stereocenters. The van der Waals surface area contributed by atoms with E-state index < -0.39 is 14.8 Å². The van der Waals surface area contributed by atoms with E-state index in [-0.39, 0.29) is 10.6 Å². The summed E-state index contributed by atoms with van der Waals surface area (Å²) in [6.07, 6.45) is 7.42. The highest BCUT2D eigenvalue weighted by Gasteiger charge is 2.35. The van der Waals surface area contributed by atoms with E-state index in [9.17, 15) is 18.5 Å². The van der Waals surface area contributed by atoms with Gasteiger partial charge in [-0.1, -0.05) is 12.2 Å². The lowest BCUT2D eigenvalue weighted by molar-refractivity contribution is -0.384. The quantitative estimate of drug-likeness (QED) is 0.485. The van der Waals surface area contributed by atoms with E-state index in [1.807, 2.05) is 4.90 Å². The monoisotopic (exact) mass is 322 g/mol. The zero-order valence-electron chi connectivity index (χ0n) is 12.3. The molecule has 0 spiro atoms. The lowest BCUT2D eigenvalue weighted by Crippen LogP contribution is -2.21. The number of allylic oxidation sites excluding steroid dienone is 2. The second-order valence-electron chi connectivity index (χ2n) is 6.05. The molecule has 118 valence electrons. The average molecular weight is 322 g/mol. The number of sulfone groups is 1. The van der Waals surface area contributed by atoms with Crippen molar-refractivity contribution >= 4 is 21.2 Å². The van der Waals surface area contributed by atoms with Gasteiger partial charge in [0.15, 0.2) is 9.84 Å². The fourth-order valence-electron chi connectivity index (χ4n) is 3.36. The van der Waals surface area contributed by atoms with E-state index in [0.717, 1.165) is 32.2 Å². The smallest absolute Gasteiger partial charge is 0.293 e. The first-order valence-electron chi connectivity index (χ1n) is 7.24. The van der Waals surface area contributed by atoms with Crippen LogP contribution >= 0.6 is 0 Å². The minimum atomic E-state index is -3.45. The summed E-state index contributed by atoms with van der Waals surface area (Å²) in [5.41, 5.74) is 0.390. The maximum Gasteiger partial charge on any atom is 0.293 e. The van der Waals surface area contributed by atoms with Gasteiger partial charge < -0.3 is 4.90 Å². The number of fused-ring (bicyclic) bond motifs is 1. The third-order valence-electron chi connectivity index (χ3n) is 4.53. The van der Waals surface area contributed by atoms with Gasteiger partial charge in [0.2, 0.25) is 0 Å². The number of nitro groups is 1. The molecule has 1 heterocycles. The van der Waals surface area contributed by atoms with Crippen LogP contribution in [0.4, 0.5) is 11.4 Å². The first kappa shape index (κ1) is 15.0. The maximum atomic E-state index is 11.6. The summed E-state index contributed by atoms with van der Waals surface area (Å²) in [7, 11) is -3.45. The maximum absolute atomic E-state index is 11.6. The standard InChI is InChI=1S/C15H18N2O4S/c1-22(20,21)13-6-7-14(15(8-13)17(18)19)16-9-11-4-2-3-5-12(11)10-16/h2-3,6-8,11-12H,4-5,9-10H2,1H3. The molecule has 2 atom stereocenters. The van der Waals surface area contributed by atoms with E-state index in [1.165, 1.54) is 12.1 Å². The molecule has 22 heavy (non-hydrogen) atoms. The Bertz CT molecular complexity index is 726. The van der Waals surface area contributed by atoms with Crippen LogP contribution < -0.4 is 4.90 Å². The number of nitrogens with zero attached hydrogens (tertiary/aromatic N) is 2. The van der Waals surface area contributed by atoms with Crippen LogP contribution in [-0.2, 0) is 9.84 Å². The van der Waals surface area contributed by atoms with Crippen molar-refractivity contribution in [1.29, 1.82) is 0 Å². The normalized spacial score (nSPS) is 24.3. The van der Waals surface area contributed by atoms with Crippen LogP contribution in [0.2, 0.25) is 0 Å². The molecule has 1 aliphatic heterocycles. The van der Waals surface area contributed by atoms with Gasteiger partial charge in [-0.25, -0.2) is 8.42 Å². The average Bonchev–Trinajstić information content (AvgIpc) is 2.89. The summed E-state index contributed by atoms with van der Waals surface area (Å²) in [5.74, 6) is 1.05. The Hall–Kier alpha value is -1.89. The molecule has 6 nitrogen and oxygen atoms in total. The predicted octanol–water partition coefficient (Wildman–Crippen LogP) is 2.40. The Balaban J connectivity index is 1.96. The first-order chi connectivity index (χ1) is 10.4. The van der Waals surface area contributed by atoms with Gasteiger partial charge in [-0.2, -0.15) is 0 Å². The Labute approximate surface area is 129 Å². The third kappa shape index (κ3) is 2.72. The van der Waals surface area contributed by atoms with Crippen LogP contribution in [0.1, 0.15) is 12.8 Å². The minimum Gasteiger partial charge on any atom is -0.365 e. The fraction of sp³-hybridized carbons (Fsp3) is 0.467. The van der Waals surface area contributed by atoms with E-state index in [1.54, 1.807) is 6.07 Å². The molecule has 0 aromatic heterocycles. The number of nitro benzene ring substituents is 1. The van der Waals surface area contributed by atoms with Crippen molar-refractivity contribution in [3.8, 4) is 0 Å². The molecule has 1 aliphatic carbocycles. The van der Waals surface area contributed by atoms with Crippen molar-refractivity contribution in [3.05, 3.63) is 40.5 Å². The first-order valence-corrected chi connectivity index (χ1v) is 9.14. The molecule has 0 amide bonds. The Morgan fingerprint density at radius 1 is 1.18 bits per heavy atom. The van der Waals surface area contributed by atoms with Gasteiger partial charge in [-0.05, 0) is 36.8 Å². The molecule has 0 N–H and O–H groups in total. The van der Waals surface area contributed by atoms with Gasteiger partial charge in [-0.15, -0.1) is 0 Å². The third-order valence-corrected chi connectivity index (χ3v) is 5.64. The summed E-state index contributed by atoms with van der Waals surface area (Å²) < 4.78 is 23.2.